The lowest BCUT2D eigenvalue weighted by atomic mass is 10.7. The molecule has 48 valence electrons. The maximum Gasteiger partial charge on any atom is 0.370 e. The molecule has 6 heteroatoms. The van der Waals surface area contributed by atoms with E-state index in [-0.39, 0.29) is 5.01 Å². The van der Waals surface area contributed by atoms with Gasteiger partial charge in [0, 0.05) is 11.5 Å². The van der Waals surface area contributed by atoms with Gasteiger partial charge >= 0.3 is 5.97 Å². The third-order valence-corrected chi connectivity index (χ3v) is 1.24. The molecule has 0 saturated carbocycles. The predicted molar refractivity (Wildman–Crippen MR) is 29.0 cm³/mol. The number of hydrogen-bond acceptors (Lipinski definition) is 6. The van der Waals surface area contributed by atoms with E-state index in [0.717, 1.165) is 11.5 Å². The Bertz CT molecular complexity index is 197. The average molecular weight is 145 g/mol. The van der Waals surface area contributed by atoms with E-state index in [1.54, 1.807) is 0 Å². The van der Waals surface area contributed by atoms with Crippen LogP contribution in [0.4, 0.5) is 0 Å². The van der Waals surface area contributed by atoms with Gasteiger partial charge in [-0.2, -0.15) is 0 Å². The number of methoxy groups -OCH3 is 1. The van der Waals surface area contributed by atoms with Crippen LogP contribution in [-0.2, 0) is 4.74 Å². The van der Waals surface area contributed by atoms with Crippen molar-refractivity contribution in [1.29, 1.82) is 0 Å². The van der Waals surface area contributed by atoms with Gasteiger partial charge in [0.25, 0.3) is 0 Å². The summed E-state index contributed by atoms with van der Waals surface area (Å²) in [5.74, 6) is -0.495. The summed E-state index contributed by atoms with van der Waals surface area (Å²) in [6.45, 7) is 0. The molecule has 0 radical (unpaired) electrons. The number of rotatable bonds is 1. The smallest absolute Gasteiger partial charge is 0.370 e. The van der Waals surface area contributed by atoms with Crippen LogP contribution in [0, 0.1) is 0 Å². The second-order valence-corrected chi connectivity index (χ2v) is 1.89. The van der Waals surface area contributed by atoms with Crippen LogP contribution >= 0.6 is 11.5 Å². The summed E-state index contributed by atoms with van der Waals surface area (Å²) in [5, 5.41) is 6.76. The maximum absolute atomic E-state index is 10.5. The summed E-state index contributed by atoms with van der Waals surface area (Å²) in [6.07, 6.45) is 0. The molecule has 0 atom stereocenters. The zero-order chi connectivity index (χ0) is 6.69. The van der Waals surface area contributed by atoms with Crippen LogP contribution < -0.4 is 0 Å². The number of esters is 1. The van der Waals surface area contributed by atoms with E-state index in [1.165, 1.54) is 7.11 Å². The van der Waals surface area contributed by atoms with Crippen LogP contribution in [0.2, 0.25) is 0 Å². The molecule has 9 heavy (non-hydrogen) atoms. The van der Waals surface area contributed by atoms with E-state index in [9.17, 15) is 4.79 Å². The third kappa shape index (κ3) is 1.20. The lowest BCUT2D eigenvalue weighted by molar-refractivity contribution is 0.0599. The van der Waals surface area contributed by atoms with Gasteiger partial charge in [-0.15, -0.1) is 5.10 Å². The number of ether oxygens (including phenoxy) is 1. The molecule has 0 unspecified atom stereocenters. The Morgan fingerprint density at radius 1 is 1.78 bits per heavy atom. The van der Waals surface area contributed by atoms with E-state index in [1.807, 2.05) is 0 Å². The Balaban J connectivity index is 2.77. The fourth-order valence-electron chi connectivity index (χ4n) is 0.299. The minimum atomic E-state index is -0.495. The first-order chi connectivity index (χ1) is 4.34. The molecule has 1 heterocycles. The number of aromatic nitrogens is 3. The summed E-state index contributed by atoms with van der Waals surface area (Å²) >= 11 is 0.909. The molecule has 0 spiro atoms. The second-order valence-electron chi connectivity index (χ2n) is 1.16. The standard InChI is InChI=1S/C3H3N3O2S/c1-8-3(7)2-4-5-6-9-2/h1H3. The number of carbonyl (C=O) groups excluding carboxylic acids is 1. The van der Waals surface area contributed by atoms with Crippen molar-refractivity contribution in [2.24, 2.45) is 0 Å². The first-order valence-corrected chi connectivity index (χ1v) is 2.85. The van der Waals surface area contributed by atoms with Crippen LogP contribution in [-0.4, -0.2) is 27.9 Å². The van der Waals surface area contributed by atoms with Gasteiger partial charge in [0.2, 0.25) is 5.01 Å². The highest BCUT2D eigenvalue weighted by Gasteiger charge is 2.08. The lowest BCUT2D eigenvalue weighted by Crippen LogP contribution is -1.99. The molecule has 0 amide bonds. The normalized spacial score (nSPS) is 9.00. The topological polar surface area (TPSA) is 65.0 Å². The summed E-state index contributed by atoms with van der Waals surface area (Å²) < 4.78 is 7.69. The first kappa shape index (κ1) is 6.09. The van der Waals surface area contributed by atoms with E-state index in [2.05, 4.69) is 19.5 Å². The van der Waals surface area contributed by atoms with Crippen molar-refractivity contribution in [2.75, 3.05) is 7.11 Å². The number of nitrogens with zero attached hydrogens (tertiary/aromatic N) is 3. The summed E-state index contributed by atoms with van der Waals surface area (Å²) in [7, 11) is 1.28. The second kappa shape index (κ2) is 2.49. The van der Waals surface area contributed by atoms with Crippen molar-refractivity contribution >= 4 is 17.5 Å². The van der Waals surface area contributed by atoms with Crippen molar-refractivity contribution in [1.82, 2.24) is 14.8 Å². The third-order valence-electron chi connectivity index (χ3n) is 0.659. The molecule has 0 fully saturated rings. The molecule has 0 N–H and O–H groups in total. The van der Waals surface area contributed by atoms with Crippen LogP contribution in [0.5, 0.6) is 0 Å². The average Bonchev–Trinajstić information content (AvgIpc) is 2.37. The van der Waals surface area contributed by atoms with Gasteiger partial charge in [-0.3, -0.25) is 0 Å². The largest absolute Gasteiger partial charge is 0.464 e. The number of carbonyl (C=O) groups is 1. The minimum absolute atomic E-state index is 0.178. The Morgan fingerprint density at radius 2 is 2.56 bits per heavy atom. The molecule has 0 aliphatic heterocycles. The molecule has 5 nitrogen and oxygen atoms in total. The Labute approximate surface area is 54.8 Å². The van der Waals surface area contributed by atoms with Gasteiger partial charge in [0.15, 0.2) is 0 Å². The zero-order valence-electron chi connectivity index (χ0n) is 4.57. The van der Waals surface area contributed by atoms with Crippen LogP contribution in [0.25, 0.3) is 0 Å². The molecule has 0 aliphatic rings. The SMILES string of the molecule is COC(=O)c1nnns1. The zero-order valence-corrected chi connectivity index (χ0v) is 5.38. The molecule has 0 aromatic carbocycles. The van der Waals surface area contributed by atoms with Crippen LogP contribution in [0.1, 0.15) is 9.80 Å². The first-order valence-electron chi connectivity index (χ1n) is 2.08. The van der Waals surface area contributed by atoms with E-state index < -0.39 is 5.97 Å². The molecular formula is C3H3N3O2S. The van der Waals surface area contributed by atoms with Gasteiger partial charge in [0.05, 0.1) is 7.11 Å². The summed E-state index contributed by atoms with van der Waals surface area (Å²) in [6, 6.07) is 0. The van der Waals surface area contributed by atoms with Crippen molar-refractivity contribution in [3.05, 3.63) is 5.01 Å². The Morgan fingerprint density at radius 3 is 3.00 bits per heavy atom. The fourth-order valence-corrected chi connectivity index (χ4v) is 0.681. The van der Waals surface area contributed by atoms with E-state index >= 15 is 0 Å². The van der Waals surface area contributed by atoms with Crippen LogP contribution in [0.15, 0.2) is 0 Å². The minimum Gasteiger partial charge on any atom is -0.464 e. The molecule has 1 aromatic rings. The van der Waals surface area contributed by atoms with Crippen molar-refractivity contribution < 1.29 is 9.53 Å². The van der Waals surface area contributed by atoms with Crippen LogP contribution in [0.3, 0.4) is 0 Å². The lowest BCUT2D eigenvalue weighted by Gasteiger charge is -1.86. The van der Waals surface area contributed by atoms with Gasteiger partial charge in [-0.25, -0.2) is 4.79 Å². The van der Waals surface area contributed by atoms with Gasteiger partial charge in [-0.1, -0.05) is 4.49 Å². The van der Waals surface area contributed by atoms with E-state index in [0.29, 0.717) is 0 Å². The van der Waals surface area contributed by atoms with Crippen molar-refractivity contribution in [3.63, 3.8) is 0 Å². The number of hydrogen-bond donors (Lipinski definition) is 0. The predicted octanol–water partition coefficient (Wildman–Crippen LogP) is -0.280. The van der Waals surface area contributed by atoms with Gasteiger partial charge in [-0.05, 0) is 5.21 Å². The maximum atomic E-state index is 10.5. The molecule has 1 aromatic heterocycles. The molecule has 0 bridgehead atoms. The monoisotopic (exact) mass is 145 g/mol. The quantitative estimate of drug-likeness (QED) is 0.508. The Hall–Kier alpha value is -1.04. The highest BCUT2D eigenvalue weighted by molar-refractivity contribution is 7.07. The van der Waals surface area contributed by atoms with Gasteiger partial charge in [0.1, 0.15) is 0 Å². The van der Waals surface area contributed by atoms with Crippen molar-refractivity contribution in [3.8, 4) is 0 Å². The van der Waals surface area contributed by atoms with E-state index in [4.69, 9.17) is 0 Å². The molecular weight excluding hydrogens is 142 g/mol. The summed E-state index contributed by atoms with van der Waals surface area (Å²) in [5.41, 5.74) is 0. The summed E-state index contributed by atoms with van der Waals surface area (Å²) in [4.78, 5) is 10.5. The molecule has 0 aliphatic carbocycles. The highest BCUT2D eigenvalue weighted by atomic mass is 32.1. The molecule has 1 rings (SSSR count). The highest BCUT2D eigenvalue weighted by Crippen LogP contribution is 1.97. The Kier molecular flexibility index (Phi) is 1.69. The molecule has 0 saturated heterocycles. The van der Waals surface area contributed by atoms with Crippen molar-refractivity contribution in [2.45, 2.75) is 0 Å². The van der Waals surface area contributed by atoms with Gasteiger partial charge < -0.3 is 4.74 Å². The fraction of sp³-hybridized carbons (Fsp3) is 0.333.